The highest BCUT2D eigenvalue weighted by Gasteiger charge is 2.36. The first-order valence-corrected chi connectivity index (χ1v) is 8.33. The van der Waals surface area contributed by atoms with Crippen LogP contribution in [0.1, 0.15) is 6.92 Å². The second kappa shape index (κ2) is 5.44. The second-order valence-electron chi connectivity index (χ2n) is 4.70. The van der Waals surface area contributed by atoms with Crippen LogP contribution in [0.3, 0.4) is 0 Å². The normalized spacial score (nSPS) is 25.5. The summed E-state index contributed by atoms with van der Waals surface area (Å²) in [6, 6.07) is 6.90. The van der Waals surface area contributed by atoms with E-state index in [2.05, 4.69) is 22.6 Å². The first-order chi connectivity index (χ1) is 8.45. The van der Waals surface area contributed by atoms with Crippen molar-refractivity contribution in [1.29, 1.82) is 0 Å². The van der Waals surface area contributed by atoms with Crippen molar-refractivity contribution >= 4 is 32.6 Å². The van der Waals surface area contributed by atoms with Crippen LogP contribution in [0.25, 0.3) is 0 Å². The summed E-state index contributed by atoms with van der Waals surface area (Å²) in [5, 5.41) is 9.21. The molecule has 0 radical (unpaired) electrons. The van der Waals surface area contributed by atoms with Gasteiger partial charge in [0.1, 0.15) is 0 Å². The summed E-state index contributed by atoms with van der Waals surface area (Å²) in [5.74, 6) is 0.245. The third-order valence-corrected chi connectivity index (χ3v) is 5.90. The van der Waals surface area contributed by atoms with Crippen molar-refractivity contribution in [1.82, 2.24) is 4.31 Å². The SMILES string of the molecule is C[C@@H]1CN(S(=O)(=O)c2cccc(I)c2)C[C@H]1CO. The number of sulfonamides is 1. The molecule has 1 aromatic carbocycles. The molecule has 0 aliphatic carbocycles. The second-order valence-corrected chi connectivity index (χ2v) is 7.88. The molecule has 1 aliphatic rings. The van der Waals surface area contributed by atoms with Crippen LogP contribution in [-0.4, -0.2) is 37.5 Å². The number of aliphatic hydroxyl groups is 1. The highest BCUT2D eigenvalue weighted by Crippen LogP contribution is 2.28. The molecule has 0 spiro atoms. The van der Waals surface area contributed by atoms with Crippen molar-refractivity contribution in [3.05, 3.63) is 27.8 Å². The summed E-state index contributed by atoms with van der Waals surface area (Å²) in [4.78, 5) is 0.334. The van der Waals surface area contributed by atoms with Gasteiger partial charge in [0.2, 0.25) is 10.0 Å². The molecule has 2 rings (SSSR count). The standard InChI is InChI=1S/C12H16INO3S/c1-9-6-14(7-10(9)8-15)18(16,17)12-4-2-3-11(13)5-12/h2-5,9-10,15H,6-8H2,1H3/t9-,10+/m1/s1. The molecule has 1 fully saturated rings. The molecule has 0 amide bonds. The maximum Gasteiger partial charge on any atom is 0.243 e. The third-order valence-electron chi connectivity index (χ3n) is 3.40. The van der Waals surface area contributed by atoms with E-state index >= 15 is 0 Å². The van der Waals surface area contributed by atoms with Gasteiger partial charge in [-0.15, -0.1) is 0 Å². The van der Waals surface area contributed by atoms with Gasteiger partial charge in [-0.25, -0.2) is 8.42 Å². The fraction of sp³-hybridized carbons (Fsp3) is 0.500. The van der Waals surface area contributed by atoms with Crippen molar-refractivity contribution in [2.45, 2.75) is 11.8 Å². The van der Waals surface area contributed by atoms with E-state index in [0.29, 0.717) is 18.0 Å². The molecule has 1 heterocycles. The lowest BCUT2D eigenvalue weighted by molar-refractivity contribution is 0.210. The van der Waals surface area contributed by atoms with Crippen LogP contribution in [0.15, 0.2) is 29.2 Å². The molecular formula is C12H16INO3S. The summed E-state index contributed by atoms with van der Waals surface area (Å²) >= 11 is 2.10. The van der Waals surface area contributed by atoms with Crippen LogP contribution < -0.4 is 0 Å². The Kier molecular flexibility index (Phi) is 4.30. The minimum absolute atomic E-state index is 0.0412. The molecule has 1 aromatic rings. The average Bonchev–Trinajstić information content (AvgIpc) is 2.71. The van der Waals surface area contributed by atoms with E-state index in [-0.39, 0.29) is 18.4 Å². The molecule has 18 heavy (non-hydrogen) atoms. The summed E-state index contributed by atoms with van der Waals surface area (Å²) < 4.78 is 27.2. The number of halogens is 1. The van der Waals surface area contributed by atoms with Crippen molar-refractivity contribution in [2.24, 2.45) is 11.8 Å². The number of aliphatic hydroxyl groups excluding tert-OH is 1. The van der Waals surface area contributed by atoms with Crippen LogP contribution in [0.5, 0.6) is 0 Å². The number of hydrogen-bond donors (Lipinski definition) is 1. The molecule has 1 saturated heterocycles. The highest BCUT2D eigenvalue weighted by molar-refractivity contribution is 14.1. The Hall–Kier alpha value is -0.180. The minimum Gasteiger partial charge on any atom is -0.396 e. The van der Waals surface area contributed by atoms with E-state index in [9.17, 15) is 13.5 Å². The molecule has 1 aliphatic heterocycles. The smallest absolute Gasteiger partial charge is 0.243 e. The fourth-order valence-corrected chi connectivity index (χ4v) is 4.59. The van der Waals surface area contributed by atoms with Crippen LogP contribution in [0.2, 0.25) is 0 Å². The lowest BCUT2D eigenvalue weighted by Gasteiger charge is -2.16. The zero-order chi connectivity index (χ0) is 13.3. The van der Waals surface area contributed by atoms with Crippen molar-refractivity contribution in [3.63, 3.8) is 0 Å². The van der Waals surface area contributed by atoms with Gasteiger partial charge in [-0.2, -0.15) is 4.31 Å². The molecule has 1 N–H and O–H groups in total. The predicted octanol–water partition coefficient (Wildman–Crippen LogP) is 1.54. The Morgan fingerprint density at radius 1 is 1.44 bits per heavy atom. The van der Waals surface area contributed by atoms with Gasteiger partial charge in [0.15, 0.2) is 0 Å². The van der Waals surface area contributed by atoms with Crippen LogP contribution >= 0.6 is 22.6 Å². The third kappa shape index (κ3) is 2.71. The molecule has 6 heteroatoms. The minimum atomic E-state index is -3.42. The van der Waals surface area contributed by atoms with E-state index in [0.717, 1.165) is 3.57 Å². The summed E-state index contributed by atoms with van der Waals surface area (Å²) in [6.07, 6.45) is 0. The quantitative estimate of drug-likeness (QED) is 0.809. The molecule has 0 saturated carbocycles. The number of benzene rings is 1. The average molecular weight is 381 g/mol. The van der Waals surface area contributed by atoms with Gasteiger partial charge in [-0.3, -0.25) is 0 Å². The monoisotopic (exact) mass is 381 g/mol. The zero-order valence-corrected chi connectivity index (χ0v) is 13.1. The lowest BCUT2D eigenvalue weighted by atomic mass is 10.00. The fourth-order valence-electron chi connectivity index (χ4n) is 2.20. The van der Waals surface area contributed by atoms with Crippen molar-refractivity contribution < 1.29 is 13.5 Å². The first-order valence-electron chi connectivity index (χ1n) is 5.81. The van der Waals surface area contributed by atoms with Gasteiger partial charge in [-0.1, -0.05) is 13.0 Å². The predicted molar refractivity (Wildman–Crippen MR) is 77.7 cm³/mol. The van der Waals surface area contributed by atoms with E-state index < -0.39 is 10.0 Å². The van der Waals surface area contributed by atoms with Crippen molar-refractivity contribution in [2.75, 3.05) is 19.7 Å². The summed E-state index contributed by atoms with van der Waals surface area (Å²) in [6.45, 7) is 2.91. The molecule has 0 aromatic heterocycles. The van der Waals surface area contributed by atoms with E-state index in [1.807, 2.05) is 13.0 Å². The van der Waals surface area contributed by atoms with Gasteiger partial charge in [0.25, 0.3) is 0 Å². The Morgan fingerprint density at radius 2 is 2.17 bits per heavy atom. The maximum absolute atomic E-state index is 12.4. The van der Waals surface area contributed by atoms with Crippen LogP contribution in [-0.2, 0) is 10.0 Å². The van der Waals surface area contributed by atoms with Gasteiger partial charge in [-0.05, 0) is 52.6 Å². The largest absolute Gasteiger partial charge is 0.396 e. The van der Waals surface area contributed by atoms with Gasteiger partial charge in [0.05, 0.1) is 4.90 Å². The topological polar surface area (TPSA) is 57.6 Å². The molecule has 0 bridgehead atoms. The lowest BCUT2D eigenvalue weighted by Crippen LogP contribution is -2.29. The molecule has 2 atom stereocenters. The molecule has 4 nitrogen and oxygen atoms in total. The Bertz CT molecular complexity index is 532. The molecule has 100 valence electrons. The van der Waals surface area contributed by atoms with Crippen LogP contribution in [0.4, 0.5) is 0 Å². The number of hydrogen-bond acceptors (Lipinski definition) is 3. The molecule has 0 unspecified atom stereocenters. The molecular weight excluding hydrogens is 365 g/mol. The zero-order valence-electron chi connectivity index (χ0n) is 10.1. The van der Waals surface area contributed by atoms with E-state index in [1.54, 1.807) is 18.2 Å². The maximum atomic E-state index is 12.4. The first kappa shape index (κ1) is 14.2. The van der Waals surface area contributed by atoms with Gasteiger partial charge in [0, 0.05) is 23.3 Å². The number of rotatable bonds is 3. The Balaban J connectivity index is 2.28. The summed E-state index contributed by atoms with van der Waals surface area (Å²) in [5.41, 5.74) is 0. The Labute approximate surface area is 121 Å². The van der Waals surface area contributed by atoms with Gasteiger partial charge < -0.3 is 5.11 Å². The Morgan fingerprint density at radius 3 is 2.72 bits per heavy atom. The number of nitrogens with zero attached hydrogens (tertiary/aromatic N) is 1. The van der Waals surface area contributed by atoms with Crippen molar-refractivity contribution in [3.8, 4) is 0 Å². The summed E-state index contributed by atoms with van der Waals surface area (Å²) in [7, 11) is -3.42. The highest BCUT2D eigenvalue weighted by atomic mass is 127. The van der Waals surface area contributed by atoms with Gasteiger partial charge >= 0.3 is 0 Å². The van der Waals surface area contributed by atoms with E-state index in [4.69, 9.17) is 0 Å². The van der Waals surface area contributed by atoms with Crippen LogP contribution in [0, 0.1) is 15.4 Å². The van der Waals surface area contributed by atoms with E-state index in [1.165, 1.54) is 4.31 Å².